The van der Waals surface area contributed by atoms with Crippen molar-refractivity contribution >= 4 is 30.9 Å². The van der Waals surface area contributed by atoms with Gasteiger partial charge in [0.2, 0.25) is 10.0 Å². The number of piperidine rings is 1. The van der Waals surface area contributed by atoms with Crippen molar-refractivity contribution in [3.63, 3.8) is 0 Å². The zero-order valence-corrected chi connectivity index (χ0v) is 23.9. The molecule has 198 valence electrons. The molecular weight excluding hydrogens is 516 g/mol. The van der Waals surface area contributed by atoms with Crippen LogP contribution < -0.4 is 0 Å². The standard InChI is InChI=1S/C30H32N2O4S2/c1-20-10-14-23(15-11-20)37(33,34)31-18-27-29(4,5)30(27,19-31)28-22(3)25-8-6-7-9-26(25)32(28)38(35,36)24-16-12-21(2)13-17-24/h6-17,27H,18-19H2,1-5H3. The predicted molar refractivity (Wildman–Crippen MR) is 149 cm³/mol. The fraction of sp³-hybridized carbons (Fsp3) is 0.333. The molecule has 2 heterocycles. The summed E-state index contributed by atoms with van der Waals surface area (Å²) >= 11 is 0. The van der Waals surface area contributed by atoms with Gasteiger partial charge in [-0.15, -0.1) is 0 Å². The van der Waals surface area contributed by atoms with E-state index in [1.165, 1.54) is 3.97 Å². The monoisotopic (exact) mass is 548 g/mol. The van der Waals surface area contributed by atoms with Crippen molar-refractivity contribution in [2.75, 3.05) is 13.1 Å². The summed E-state index contributed by atoms with van der Waals surface area (Å²) in [6, 6.07) is 21.4. The van der Waals surface area contributed by atoms with Crippen LogP contribution in [0.3, 0.4) is 0 Å². The van der Waals surface area contributed by atoms with Gasteiger partial charge in [-0.2, -0.15) is 4.31 Å². The number of aromatic nitrogens is 1. The van der Waals surface area contributed by atoms with Crippen molar-refractivity contribution < 1.29 is 16.8 Å². The van der Waals surface area contributed by atoms with Gasteiger partial charge in [-0.25, -0.2) is 20.8 Å². The Hall–Kier alpha value is -2.94. The molecule has 1 aliphatic heterocycles. The number of hydrogen-bond donors (Lipinski definition) is 0. The second-order valence-corrected chi connectivity index (χ2v) is 15.2. The molecule has 38 heavy (non-hydrogen) atoms. The number of para-hydroxylation sites is 1. The predicted octanol–water partition coefficient (Wildman–Crippen LogP) is 5.40. The fourth-order valence-electron chi connectivity index (χ4n) is 6.75. The first kappa shape index (κ1) is 25.3. The number of rotatable bonds is 5. The molecule has 6 nitrogen and oxygen atoms in total. The van der Waals surface area contributed by atoms with E-state index in [1.54, 1.807) is 52.8 Å². The molecule has 0 N–H and O–H groups in total. The molecule has 0 radical (unpaired) electrons. The maximum atomic E-state index is 14.3. The minimum Gasteiger partial charge on any atom is -0.237 e. The number of fused-ring (bicyclic) bond motifs is 2. The maximum absolute atomic E-state index is 14.3. The van der Waals surface area contributed by atoms with Gasteiger partial charge in [0.1, 0.15) is 0 Å². The van der Waals surface area contributed by atoms with Gasteiger partial charge in [0.15, 0.2) is 0 Å². The molecule has 6 rings (SSSR count). The van der Waals surface area contributed by atoms with Crippen LogP contribution in [0.2, 0.25) is 0 Å². The van der Waals surface area contributed by atoms with E-state index in [1.807, 2.05) is 45.0 Å². The average Bonchev–Trinajstić information content (AvgIpc) is 3.20. The highest BCUT2D eigenvalue weighted by molar-refractivity contribution is 7.90. The molecule has 8 heteroatoms. The molecule has 0 amide bonds. The van der Waals surface area contributed by atoms with Crippen LogP contribution in [-0.2, 0) is 25.5 Å². The summed E-state index contributed by atoms with van der Waals surface area (Å²) in [5, 5.41) is 0.869. The number of nitrogens with zero attached hydrogens (tertiary/aromatic N) is 2. The lowest BCUT2D eigenvalue weighted by atomic mass is 9.90. The molecule has 2 aliphatic rings. The lowest BCUT2D eigenvalue weighted by molar-refractivity contribution is 0.342. The molecule has 2 fully saturated rings. The topological polar surface area (TPSA) is 76.5 Å². The minimum absolute atomic E-state index is 0.00907. The van der Waals surface area contributed by atoms with Gasteiger partial charge < -0.3 is 0 Å². The number of benzene rings is 3. The third-order valence-corrected chi connectivity index (χ3v) is 12.6. The first-order valence-electron chi connectivity index (χ1n) is 12.8. The second-order valence-electron chi connectivity index (χ2n) is 11.4. The molecule has 0 bridgehead atoms. The van der Waals surface area contributed by atoms with Gasteiger partial charge in [0.05, 0.1) is 15.3 Å². The van der Waals surface area contributed by atoms with E-state index in [9.17, 15) is 16.8 Å². The molecule has 4 aromatic rings. The Morgan fingerprint density at radius 1 is 0.737 bits per heavy atom. The van der Waals surface area contributed by atoms with Gasteiger partial charge in [0.25, 0.3) is 10.0 Å². The van der Waals surface area contributed by atoms with Crippen LogP contribution in [0.4, 0.5) is 0 Å². The normalized spacial score (nSPS) is 23.0. The molecule has 1 saturated heterocycles. The fourth-order valence-corrected chi connectivity index (χ4v) is 9.89. The molecule has 1 saturated carbocycles. The summed E-state index contributed by atoms with van der Waals surface area (Å²) in [4.78, 5) is 0.487. The Morgan fingerprint density at radius 2 is 1.26 bits per heavy atom. The Morgan fingerprint density at radius 3 is 1.84 bits per heavy atom. The second kappa shape index (κ2) is 8.04. The third kappa shape index (κ3) is 3.26. The van der Waals surface area contributed by atoms with Crippen LogP contribution >= 0.6 is 0 Å². The lowest BCUT2D eigenvalue weighted by Crippen LogP contribution is -2.38. The van der Waals surface area contributed by atoms with Crippen LogP contribution in [0.25, 0.3) is 10.9 Å². The van der Waals surface area contributed by atoms with Crippen LogP contribution in [0.5, 0.6) is 0 Å². The third-order valence-electron chi connectivity index (χ3n) is 9.07. The van der Waals surface area contributed by atoms with Gasteiger partial charge in [-0.05, 0) is 68.0 Å². The van der Waals surface area contributed by atoms with Crippen molar-refractivity contribution in [2.45, 2.75) is 49.8 Å². The Labute approximate surface area is 225 Å². The Kier molecular flexibility index (Phi) is 5.36. The summed E-state index contributed by atoms with van der Waals surface area (Å²) in [5.41, 5.74) is 3.28. The van der Waals surface area contributed by atoms with E-state index in [0.717, 1.165) is 22.1 Å². The van der Waals surface area contributed by atoms with Crippen molar-refractivity contribution in [1.82, 2.24) is 8.28 Å². The number of sulfonamides is 1. The van der Waals surface area contributed by atoms with Crippen molar-refractivity contribution in [2.24, 2.45) is 11.3 Å². The van der Waals surface area contributed by atoms with Crippen LogP contribution in [0.1, 0.15) is 36.2 Å². The molecule has 1 aromatic heterocycles. The smallest absolute Gasteiger partial charge is 0.237 e. The largest absolute Gasteiger partial charge is 0.268 e. The van der Waals surface area contributed by atoms with E-state index < -0.39 is 25.5 Å². The SMILES string of the molecule is Cc1ccc(S(=O)(=O)N2CC3C(C)(C)C3(c3c(C)c4ccccc4n3S(=O)(=O)c3ccc(C)cc3)C2)cc1. The van der Waals surface area contributed by atoms with Gasteiger partial charge in [0, 0.05) is 29.6 Å². The zero-order chi connectivity index (χ0) is 27.3. The van der Waals surface area contributed by atoms with Gasteiger partial charge in [-0.1, -0.05) is 67.4 Å². The highest BCUT2D eigenvalue weighted by atomic mass is 32.2. The van der Waals surface area contributed by atoms with Crippen LogP contribution in [0, 0.1) is 32.1 Å². The van der Waals surface area contributed by atoms with E-state index in [0.29, 0.717) is 17.8 Å². The summed E-state index contributed by atoms with van der Waals surface area (Å²) in [7, 11) is -7.68. The van der Waals surface area contributed by atoms with E-state index in [-0.39, 0.29) is 27.7 Å². The average molecular weight is 549 g/mol. The summed E-state index contributed by atoms with van der Waals surface area (Å²) in [5.74, 6) is -0.00907. The Bertz CT molecular complexity index is 1800. The van der Waals surface area contributed by atoms with Crippen LogP contribution in [0.15, 0.2) is 82.6 Å². The summed E-state index contributed by atoms with van der Waals surface area (Å²) in [6.07, 6.45) is 0. The Balaban J connectivity index is 1.56. The van der Waals surface area contributed by atoms with E-state index >= 15 is 0 Å². The molecular formula is C30H32N2O4S2. The minimum atomic E-state index is -3.95. The lowest BCUT2D eigenvalue weighted by Gasteiger charge is -2.28. The first-order valence-corrected chi connectivity index (χ1v) is 15.7. The summed E-state index contributed by atoms with van der Waals surface area (Å²) in [6.45, 7) is 10.7. The maximum Gasteiger partial charge on any atom is 0.268 e. The van der Waals surface area contributed by atoms with Gasteiger partial charge in [-0.3, -0.25) is 0 Å². The highest BCUT2D eigenvalue weighted by Gasteiger charge is 2.78. The highest BCUT2D eigenvalue weighted by Crippen LogP contribution is 2.74. The summed E-state index contributed by atoms with van der Waals surface area (Å²) < 4.78 is 59.0. The molecule has 2 atom stereocenters. The molecule has 1 aliphatic carbocycles. The molecule has 2 unspecified atom stereocenters. The molecule has 0 spiro atoms. The first-order chi connectivity index (χ1) is 17.8. The zero-order valence-electron chi connectivity index (χ0n) is 22.3. The van der Waals surface area contributed by atoms with Crippen molar-refractivity contribution in [3.05, 3.63) is 95.2 Å². The van der Waals surface area contributed by atoms with E-state index in [4.69, 9.17) is 0 Å². The quantitative estimate of drug-likeness (QED) is 0.335. The number of aryl methyl sites for hydroxylation is 3. The van der Waals surface area contributed by atoms with Crippen molar-refractivity contribution in [3.8, 4) is 0 Å². The van der Waals surface area contributed by atoms with Gasteiger partial charge >= 0.3 is 0 Å². The van der Waals surface area contributed by atoms with Crippen molar-refractivity contribution in [1.29, 1.82) is 0 Å². The number of hydrogen-bond acceptors (Lipinski definition) is 4. The molecule has 3 aromatic carbocycles. The van der Waals surface area contributed by atoms with Crippen LogP contribution in [-0.4, -0.2) is 38.2 Å². The van der Waals surface area contributed by atoms with E-state index in [2.05, 4.69) is 13.8 Å².